The molecule has 2 aromatic rings. The lowest BCUT2D eigenvalue weighted by Gasteiger charge is -2.10. The van der Waals surface area contributed by atoms with Crippen LogP contribution in [0.3, 0.4) is 0 Å². The molecule has 1 aliphatic heterocycles. The van der Waals surface area contributed by atoms with E-state index in [-0.39, 0.29) is 42.1 Å². The molecule has 10 heteroatoms. The minimum absolute atomic E-state index is 0.0266. The molecule has 9 nitrogen and oxygen atoms in total. The molecule has 26 heavy (non-hydrogen) atoms. The first kappa shape index (κ1) is 18.1. The zero-order valence-corrected chi connectivity index (χ0v) is 14.7. The molecule has 0 radical (unpaired) electrons. The van der Waals surface area contributed by atoms with Crippen molar-refractivity contribution in [3.05, 3.63) is 36.3 Å². The Labute approximate surface area is 150 Å². The van der Waals surface area contributed by atoms with E-state index in [1.54, 1.807) is 24.5 Å². The van der Waals surface area contributed by atoms with Gasteiger partial charge in [0.1, 0.15) is 0 Å². The number of amides is 2. The van der Waals surface area contributed by atoms with E-state index < -0.39 is 15.7 Å². The summed E-state index contributed by atoms with van der Waals surface area (Å²) >= 11 is 0. The summed E-state index contributed by atoms with van der Waals surface area (Å²) in [5.74, 6) is -0.270. The van der Waals surface area contributed by atoms with Crippen LogP contribution in [-0.4, -0.2) is 54.5 Å². The van der Waals surface area contributed by atoms with E-state index in [9.17, 15) is 18.0 Å². The van der Waals surface area contributed by atoms with Crippen molar-refractivity contribution in [3.8, 4) is 11.3 Å². The monoisotopic (exact) mass is 378 g/mol. The average molecular weight is 378 g/mol. The average Bonchev–Trinajstić information content (AvgIpc) is 3.22. The molecule has 138 valence electrons. The van der Waals surface area contributed by atoms with Crippen LogP contribution < -0.4 is 10.6 Å². The van der Waals surface area contributed by atoms with Crippen LogP contribution in [0, 0.1) is 0 Å². The number of carbonyl (C=O) groups is 2. The third-order valence-electron chi connectivity index (χ3n) is 3.92. The number of aromatic nitrogens is 2. The van der Waals surface area contributed by atoms with Gasteiger partial charge in [-0.25, -0.2) is 8.42 Å². The van der Waals surface area contributed by atoms with Crippen molar-refractivity contribution in [2.75, 3.05) is 18.1 Å². The van der Waals surface area contributed by atoms with Crippen molar-refractivity contribution in [2.24, 2.45) is 0 Å². The highest BCUT2D eigenvalue weighted by molar-refractivity contribution is 7.91. The van der Waals surface area contributed by atoms with Crippen LogP contribution in [0.1, 0.15) is 23.3 Å². The molecule has 3 heterocycles. The maximum absolute atomic E-state index is 12.0. The molecule has 2 N–H and O–H groups in total. The van der Waals surface area contributed by atoms with Crippen LogP contribution in [0.25, 0.3) is 11.3 Å². The number of hydrogen-bond acceptors (Lipinski definition) is 7. The number of carbonyl (C=O) groups excluding carboxylic acids is 2. The van der Waals surface area contributed by atoms with Crippen molar-refractivity contribution in [1.82, 2.24) is 20.8 Å². The van der Waals surface area contributed by atoms with Crippen LogP contribution in [-0.2, 0) is 14.6 Å². The van der Waals surface area contributed by atoms with Gasteiger partial charge in [0.2, 0.25) is 5.91 Å². The Morgan fingerprint density at radius 3 is 2.88 bits per heavy atom. The van der Waals surface area contributed by atoms with Crippen LogP contribution in [0.5, 0.6) is 0 Å². The molecule has 2 aromatic heterocycles. The van der Waals surface area contributed by atoms with Crippen molar-refractivity contribution >= 4 is 21.7 Å². The largest absolute Gasteiger partial charge is 0.355 e. The van der Waals surface area contributed by atoms with Crippen LogP contribution in [0.15, 0.2) is 35.1 Å². The zero-order chi connectivity index (χ0) is 18.6. The predicted octanol–water partition coefficient (Wildman–Crippen LogP) is 0.160. The number of nitrogens with zero attached hydrogens (tertiary/aromatic N) is 2. The lowest BCUT2D eigenvalue weighted by Crippen LogP contribution is -2.37. The summed E-state index contributed by atoms with van der Waals surface area (Å²) in [5.41, 5.74) is 0.802. The van der Waals surface area contributed by atoms with Gasteiger partial charge in [-0.1, -0.05) is 5.16 Å². The third kappa shape index (κ3) is 4.66. The molecule has 0 bridgehead atoms. The van der Waals surface area contributed by atoms with Crippen LogP contribution in [0.4, 0.5) is 0 Å². The molecular weight excluding hydrogens is 360 g/mol. The lowest BCUT2D eigenvalue weighted by molar-refractivity contribution is -0.121. The van der Waals surface area contributed by atoms with Crippen molar-refractivity contribution in [3.63, 3.8) is 0 Å². The van der Waals surface area contributed by atoms with Crippen molar-refractivity contribution < 1.29 is 22.5 Å². The summed E-state index contributed by atoms with van der Waals surface area (Å²) in [5, 5.41) is 8.95. The molecule has 0 aliphatic carbocycles. The van der Waals surface area contributed by atoms with Gasteiger partial charge in [-0.05, 0) is 18.6 Å². The fourth-order valence-corrected chi connectivity index (χ4v) is 4.29. The van der Waals surface area contributed by atoms with Gasteiger partial charge in [0.25, 0.3) is 5.91 Å². The Hall–Kier alpha value is -2.75. The number of hydrogen-bond donors (Lipinski definition) is 2. The maximum atomic E-state index is 12.0. The molecule has 2 amide bonds. The molecule has 1 saturated heterocycles. The highest BCUT2D eigenvalue weighted by atomic mass is 32.2. The summed E-state index contributed by atoms with van der Waals surface area (Å²) in [6.45, 7) is 0.110. The Bertz CT molecular complexity index is 894. The van der Waals surface area contributed by atoms with Crippen LogP contribution >= 0.6 is 0 Å². The summed E-state index contributed by atoms with van der Waals surface area (Å²) in [4.78, 5) is 27.8. The van der Waals surface area contributed by atoms with Gasteiger partial charge >= 0.3 is 0 Å². The Balaban J connectivity index is 1.44. The van der Waals surface area contributed by atoms with Gasteiger partial charge in [-0.3, -0.25) is 14.6 Å². The van der Waals surface area contributed by atoms with E-state index >= 15 is 0 Å². The molecule has 3 rings (SSSR count). The van der Waals surface area contributed by atoms with Gasteiger partial charge in [-0.15, -0.1) is 0 Å². The molecular formula is C16H18N4O5S. The Morgan fingerprint density at radius 2 is 2.19 bits per heavy atom. The fraction of sp³-hybridized carbons (Fsp3) is 0.375. The Kier molecular flexibility index (Phi) is 5.31. The predicted molar refractivity (Wildman–Crippen MR) is 91.9 cm³/mol. The second kappa shape index (κ2) is 7.65. The Morgan fingerprint density at radius 1 is 1.35 bits per heavy atom. The van der Waals surface area contributed by atoms with Gasteiger partial charge < -0.3 is 15.2 Å². The summed E-state index contributed by atoms with van der Waals surface area (Å²) in [7, 11) is -3.04. The van der Waals surface area contributed by atoms with E-state index in [2.05, 4.69) is 20.8 Å². The van der Waals surface area contributed by atoms with Gasteiger partial charge in [0.15, 0.2) is 21.3 Å². The number of sulfone groups is 1. The van der Waals surface area contributed by atoms with Crippen molar-refractivity contribution in [1.29, 1.82) is 0 Å². The van der Waals surface area contributed by atoms with Gasteiger partial charge in [-0.2, -0.15) is 0 Å². The first-order chi connectivity index (χ1) is 12.4. The van der Waals surface area contributed by atoms with E-state index in [0.29, 0.717) is 17.7 Å². The lowest BCUT2D eigenvalue weighted by atomic mass is 10.2. The second-order valence-electron chi connectivity index (χ2n) is 5.99. The second-order valence-corrected chi connectivity index (χ2v) is 8.22. The first-order valence-corrected chi connectivity index (χ1v) is 9.90. The smallest absolute Gasteiger partial charge is 0.273 e. The van der Waals surface area contributed by atoms with E-state index in [0.717, 1.165) is 0 Å². The molecule has 1 unspecified atom stereocenters. The van der Waals surface area contributed by atoms with Gasteiger partial charge in [0, 0.05) is 43.0 Å². The molecule has 0 saturated carbocycles. The third-order valence-corrected chi connectivity index (χ3v) is 5.69. The molecule has 0 spiro atoms. The quantitative estimate of drug-likeness (QED) is 0.732. The summed E-state index contributed by atoms with van der Waals surface area (Å²) < 4.78 is 27.8. The highest BCUT2D eigenvalue weighted by Gasteiger charge is 2.28. The van der Waals surface area contributed by atoms with Gasteiger partial charge in [0.05, 0.1) is 11.5 Å². The molecule has 1 fully saturated rings. The van der Waals surface area contributed by atoms with E-state index in [1.807, 2.05) is 0 Å². The summed E-state index contributed by atoms with van der Waals surface area (Å²) in [6.07, 6.45) is 3.70. The highest BCUT2D eigenvalue weighted by Crippen LogP contribution is 2.18. The minimum atomic E-state index is -3.04. The maximum Gasteiger partial charge on any atom is 0.273 e. The number of nitrogens with one attached hydrogen (secondary N) is 2. The number of pyridine rings is 1. The topological polar surface area (TPSA) is 131 Å². The molecule has 0 aromatic carbocycles. The standard InChI is InChI=1S/C16H18N4O5S/c21-15(19-12-4-7-26(23,24)10-12)3-6-18-16(22)13-8-14(25-20-13)11-2-1-5-17-9-11/h1-2,5,8-9,12H,3-4,6-7,10H2,(H,18,22)(H,19,21). The normalized spacial score (nSPS) is 18.4. The zero-order valence-electron chi connectivity index (χ0n) is 13.8. The molecule has 1 atom stereocenters. The van der Waals surface area contributed by atoms with Crippen LogP contribution in [0.2, 0.25) is 0 Å². The van der Waals surface area contributed by atoms with E-state index in [1.165, 1.54) is 6.07 Å². The van der Waals surface area contributed by atoms with Crippen molar-refractivity contribution in [2.45, 2.75) is 18.9 Å². The SMILES string of the molecule is O=C(CCNC(=O)c1cc(-c2cccnc2)on1)NC1CCS(=O)(=O)C1. The minimum Gasteiger partial charge on any atom is -0.355 e. The first-order valence-electron chi connectivity index (χ1n) is 8.08. The van der Waals surface area contributed by atoms with E-state index in [4.69, 9.17) is 4.52 Å². The number of rotatable bonds is 6. The molecule has 1 aliphatic rings. The summed E-state index contributed by atoms with van der Waals surface area (Å²) in [6, 6.07) is 4.67. The fourth-order valence-electron chi connectivity index (χ4n) is 2.62.